The van der Waals surface area contributed by atoms with Crippen LogP contribution < -0.4 is 5.32 Å². The van der Waals surface area contributed by atoms with E-state index in [1.807, 2.05) is 4.90 Å². The van der Waals surface area contributed by atoms with E-state index < -0.39 is 0 Å². The number of piperidine rings is 1. The van der Waals surface area contributed by atoms with Gasteiger partial charge in [-0.05, 0) is 50.5 Å². The zero-order chi connectivity index (χ0) is 21.7. The second-order valence-corrected chi connectivity index (χ2v) is 8.40. The molecule has 0 radical (unpaired) electrons. The van der Waals surface area contributed by atoms with Gasteiger partial charge in [-0.15, -0.1) is 0 Å². The number of nitrogens with one attached hydrogen (secondary N) is 1. The molecule has 1 atom stereocenters. The molecule has 1 N–H and O–H groups in total. The molecular weight excluding hydrogens is 382 g/mol. The third-order valence-corrected chi connectivity index (χ3v) is 5.96. The van der Waals surface area contributed by atoms with Crippen LogP contribution in [-0.2, 0) is 4.79 Å². The first kappa shape index (κ1) is 22.1. The predicted molar refractivity (Wildman–Crippen MR) is 117 cm³/mol. The Bertz CT molecular complexity index is 757. The van der Waals surface area contributed by atoms with Crippen molar-refractivity contribution >= 4 is 23.5 Å². The van der Waals surface area contributed by atoms with Crippen LogP contribution in [0.1, 0.15) is 36.5 Å². The summed E-state index contributed by atoms with van der Waals surface area (Å²) in [6.07, 6.45) is 3.29. The van der Waals surface area contributed by atoms with Crippen molar-refractivity contribution in [2.24, 2.45) is 0 Å². The summed E-state index contributed by atoms with van der Waals surface area (Å²) in [5, 5.41) is 2.91. The minimum absolute atomic E-state index is 0.0588. The Morgan fingerprint density at radius 2 is 1.67 bits per heavy atom. The highest BCUT2D eigenvalue weighted by atomic mass is 16.2. The number of nitrogens with zero attached hydrogens (tertiary/aromatic N) is 4. The average molecular weight is 416 g/mol. The third-order valence-electron chi connectivity index (χ3n) is 5.96. The van der Waals surface area contributed by atoms with Crippen LogP contribution in [-0.4, -0.2) is 96.9 Å². The number of amides is 4. The fourth-order valence-electron chi connectivity index (χ4n) is 3.91. The van der Waals surface area contributed by atoms with Crippen molar-refractivity contribution in [2.45, 2.75) is 32.2 Å². The van der Waals surface area contributed by atoms with Crippen molar-refractivity contribution in [1.82, 2.24) is 19.6 Å². The van der Waals surface area contributed by atoms with Crippen LogP contribution in [0.4, 0.5) is 10.5 Å². The molecule has 8 nitrogen and oxygen atoms in total. The summed E-state index contributed by atoms with van der Waals surface area (Å²) in [5.74, 6) is 0.130. The van der Waals surface area contributed by atoms with Gasteiger partial charge in [0.2, 0.25) is 5.91 Å². The molecule has 30 heavy (non-hydrogen) atoms. The molecular formula is C22H33N5O3. The Morgan fingerprint density at radius 3 is 2.27 bits per heavy atom. The van der Waals surface area contributed by atoms with Gasteiger partial charge >= 0.3 is 6.03 Å². The largest absolute Gasteiger partial charge is 0.348 e. The van der Waals surface area contributed by atoms with Crippen LogP contribution in [0.25, 0.3) is 0 Å². The molecule has 0 aromatic heterocycles. The van der Waals surface area contributed by atoms with Crippen molar-refractivity contribution in [3.63, 3.8) is 0 Å². The number of rotatable bonds is 4. The number of carbonyl (C=O) groups is 3. The fourth-order valence-corrected chi connectivity index (χ4v) is 3.91. The smallest absolute Gasteiger partial charge is 0.321 e. The molecule has 2 saturated heterocycles. The lowest BCUT2D eigenvalue weighted by Crippen LogP contribution is -2.52. The molecule has 1 aromatic carbocycles. The van der Waals surface area contributed by atoms with Gasteiger partial charge in [0.15, 0.2) is 0 Å². The van der Waals surface area contributed by atoms with Gasteiger partial charge in [0.25, 0.3) is 5.91 Å². The molecule has 2 aliphatic rings. The van der Waals surface area contributed by atoms with E-state index in [0.717, 1.165) is 19.4 Å². The molecule has 1 aromatic rings. The maximum absolute atomic E-state index is 12.7. The lowest BCUT2D eigenvalue weighted by atomic mass is 10.0. The maximum atomic E-state index is 12.7. The predicted octanol–water partition coefficient (Wildman–Crippen LogP) is 1.94. The highest BCUT2D eigenvalue weighted by Crippen LogP contribution is 2.20. The summed E-state index contributed by atoms with van der Waals surface area (Å²) in [6.45, 7) is 5.80. The topological polar surface area (TPSA) is 76.2 Å². The van der Waals surface area contributed by atoms with Gasteiger partial charge in [-0.25, -0.2) is 4.79 Å². The second-order valence-electron chi connectivity index (χ2n) is 8.40. The molecule has 4 amide bonds. The number of likely N-dealkylation sites (N-methyl/N-ethyl adjacent to an activating group) is 1. The molecule has 0 aliphatic carbocycles. The Kier molecular flexibility index (Phi) is 7.31. The number of carbonyl (C=O) groups excluding carboxylic acids is 3. The van der Waals surface area contributed by atoms with Crippen molar-refractivity contribution in [2.75, 3.05) is 58.7 Å². The molecule has 2 heterocycles. The van der Waals surface area contributed by atoms with Crippen molar-refractivity contribution < 1.29 is 14.4 Å². The molecule has 2 fully saturated rings. The van der Waals surface area contributed by atoms with E-state index >= 15 is 0 Å². The van der Waals surface area contributed by atoms with Gasteiger partial charge in [-0.2, -0.15) is 0 Å². The molecule has 0 saturated carbocycles. The van der Waals surface area contributed by atoms with Crippen LogP contribution in [0, 0.1) is 0 Å². The third kappa shape index (κ3) is 5.50. The standard InChI is InChI=1S/C22H33N5O3/c1-17-6-4-5-11-27(17)21(29)18-7-9-19(10-8-18)23-22(30)26-14-12-25(13-15-26)16-20(28)24(2)3/h7-10,17H,4-6,11-16H2,1-3H3,(H,23,30)/t17-/m0/s1. The van der Waals surface area contributed by atoms with E-state index in [4.69, 9.17) is 0 Å². The zero-order valence-electron chi connectivity index (χ0n) is 18.3. The van der Waals surface area contributed by atoms with E-state index in [1.54, 1.807) is 48.2 Å². The molecule has 8 heteroatoms. The van der Waals surface area contributed by atoms with Crippen LogP contribution in [0.5, 0.6) is 0 Å². The first-order valence-corrected chi connectivity index (χ1v) is 10.7. The highest BCUT2D eigenvalue weighted by molar-refractivity contribution is 5.95. The Balaban J connectivity index is 1.49. The molecule has 164 valence electrons. The lowest BCUT2D eigenvalue weighted by molar-refractivity contribution is -0.130. The number of hydrogen-bond acceptors (Lipinski definition) is 4. The number of benzene rings is 1. The molecule has 0 spiro atoms. The first-order chi connectivity index (χ1) is 14.3. The van der Waals surface area contributed by atoms with Crippen LogP contribution in [0.15, 0.2) is 24.3 Å². The van der Waals surface area contributed by atoms with E-state index in [0.29, 0.717) is 44.0 Å². The average Bonchev–Trinajstić information content (AvgIpc) is 2.74. The van der Waals surface area contributed by atoms with E-state index in [-0.39, 0.29) is 23.9 Å². The summed E-state index contributed by atoms with van der Waals surface area (Å²) in [6, 6.07) is 7.25. The van der Waals surface area contributed by atoms with Gasteiger partial charge in [0, 0.05) is 64.1 Å². The number of anilines is 1. The van der Waals surface area contributed by atoms with Gasteiger partial charge in [0.1, 0.15) is 0 Å². The fraction of sp³-hybridized carbons (Fsp3) is 0.591. The lowest BCUT2D eigenvalue weighted by Gasteiger charge is -2.34. The normalized spacial score (nSPS) is 20.0. The first-order valence-electron chi connectivity index (χ1n) is 10.7. The number of piperazine rings is 1. The van der Waals surface area contributed by atoms with Gasteiger partial charge in [-0.1, -0.05) is 0 Å². The van der Waals surface area contributed by atoms with Crippen LogP contribution in [0.2, 0.25) is 0 Å². The minimum Gasteiger partial charge on any atom is -0.348 e. The summed E-state index contributed by atoms with van der Waals surface area (Å²) < 4.78 is 0. The Morgan fingerprint density at radius 1 is 1.00 bits per heavy atom. The molecule has 2 aliphatic heterocycles. The number of hydrogen-bond donors (Lipinski definition) is 1. The zero-order valence-corrected chi connectivity index (χ0v) is 18.3. The van der Waals surface area contributed by atoms with Crippen LogP contribution >= 0.6 is 0 Å². The van der Waals surface area contributed by atoms with Gasteiger partial charge in [-0.3, -0.25) is 14.5 Å². The second kappa shape index (κ2) is 9.93. The molecule has 3 rings (SSSR count). The Labute approximate surface area is 178 Å². The van der Waals surface area contributed by atoms with Crippen molar-refractivity contribution in [3.05, 3.63) is 29.8 Å². The Hall–Kier alpha value is -2.61. The van der Waals surface area contributed by atoms with Gasteiger partial charge < -0.3 is 20.0 Å². The summed E-state index contributed by atoms with van der Waals surface area (Å²) in [7, 11) is 3.50. The SMILES string of the molecule is C[C@H]1CCCCN1C(=O)c1ccc(NC(=O)N2CCN(CC(=O)N(C)C)CC2)cc1. The summed E-state index contributed by atoms with van der Waals surface area (Å²) in [5.41, 5.74) is 1.33. The van der Waals surface area contributed by atoms with E-state index in [2.05, 4.69) is 17.1 Å². The number of likely N-dealkylation sites (tertiary alicyclic amines) is 1. The molecule has 0 bridgehead atoms. The number of urea groups is 1. The van der Waals surface area contributed by atoms with Crippen molar-refractivity contribution in [1.29, 1.82) is 0 Å². The summed E-state index contributed by atoms with van der Waals surface area (Å²) in [4.78, 5) is 44.5. The molecule has 0 unspecified atom stereocenters. The quantitative estimate of drug-likeness (QED) is 0.815. The summed E-state index contributed by atoms with van der Waals surface area (Å²) >= 11 is 0. The maximum Gasteiger partial charge on any atom is 0.321 e. The van der Waals surface area contributed by atoms with Crippen LogP contribution in [0.3, 0.4) is 0 Å². The minimum atomic E-state index is -0.155. The van der Waals surface area contributed by atoms with Gasteiger partial charge in [0.05, 0.1) is 6.54 Å². The van der Waals surface area contributed by atoms with E-state index in [1.165, 1.54) is 6.42 Å². The van der Waals surface area contributed by atoms with E-state index in [9.17, 15) is 14.4 Å². The highest BCUT2D eigenvalue weighted by Gasteiger charge is 2.25. The monoisotopic (exact) mass is 415 g/mol. The van der Waals surface area contributed by atoms with Crippen molar-refractivity contribution in [3.8, 4) is 0 Å².